The van der Waals surface area contributed by atoms with Crippen LogP contribution in [0.5, 0.6) is 0 Å². The van der Waals surface area contributed by atoms with Gasteiger partial charge in [-0.2, -0.15) is 0 Å². The summed E-state index contributed by atoms with van der Waals surface area (Å²) in [5.74, 6) is -2.41. The van der Waals surface area contributed by atoms with E-state index in [1.54, 1.807) is 30.3 Å². The zero-order valence-corrected chi connectivity index (χ0v) is 37.8. The molecule has 1 N–H and O–H groups in total. The van der Waals surface area contributed by atoms with Gasteiger partial charge in [-0.1, -0.05) is 126 Å². The van der Waals surface area contributed by atoms with E-state index in [4.69, 9.17) is 126 Å². The van der Waals surface area contributed by atoms with Gasteiger partial charge in [-0.3, -0.25) is 14.4 Å². The fraction of sp³-hybridized carbons (Fsp3) is 0.703. The summed E-state index contributed by atoms with van der Waals surface area (Å²) in [6.07, 6.45) is -12.7. The van der Waals surface area contributed by atoms with Gasteiger partial charge in [0.15, 0.2) is 43.3 Å². The second-order valence-electron chi connectivity index (χ2n) is 13.8. The van der Waals surface area contributed by atoms with Gasteiger partial charge < -0.3 is 62.2 Å². The maximum Gasteiger partial charge on any atom is 0.508 e. The Morgan fingerprint density at radius 3 is 1.95 bits per heavy atom. The molecule has 0 radical (unpaired) electrons. The fourth-order valence-electron chi connectivity index (χ4n) is 6.44. The number of esters is 3. The normalized spacial score (nSPS) is 29.0. The van der Waals surface area contributed by atoms with Crippen molar-refractivity contribution in [3.05, 3.63) is 35.9 Å². The second-order valence-corrected chi connectivity index (χ2v) is 18.9. The van der Waals surface area contributed by atoms with Gasteiger partial charge in [0.25, 0.3) is 0 Å². The Morgan fingerprint density at radius 1 is 0.705 bits per heavy atom. The summed E-state index contributed by atoms with van der Waals surface area (Å²) in [6, 6.07) is 7.21. The van der Waals surface area contributed by atoms with Crippen molar-refractivity contribution >= 4 is 99.8 Å². The van der Waals surface area contributed by atoms with Crippen molar-refractivity contribution in [2.75, 3.05) is 33.0 Å². The van der Waals surface area contributed by atoms with Crippen LogP contribution in [0.15, 0.2) is 30.3 Å². The lowest BCUT2D eigenvalue weighted by Gasteiger charge is -2.49. The smallest absolute Gasteiger partial charge is 0.456 e. The van der Waals surface area contributed by atoms with E-state index in [2.05, 4.69) is 5.32 Å². The van der Waals surface area contributed by atoms with Crippen LogP contribution < -0.4 is 5.32 Å². The highest BCUT2D eigenvalue weighted by Crippen LogP contribution is 2.38. The maximum atomic E-state index is 13.3. The summed E-state index contributed by atoms with van der Waals surface area (Å²) in [6.45, 7) is 3.34. The van der Waals surface area contributed by atoms with Crippen molar-refractivity contribution in [3.8, 4) is 0 Å². The number of rotatable bonds is 17. The van der Waals surface area contributed by atoms with Crippen molar-refractivity contribution in [1.82, 2.24) is 5.32 Å². The first-order chi connectivity index (χ1) is 28.7. The van der Waals surface area contributed by atoms with E-state index >= 15 is 0 Å². The summed E-state index contributed by atoms with van der Waals surface area (Å²) < 4.78 is 65.7. The minimum absolute atomic E-state index is 0.148. The van der Waals surface area contributed by atoms with Crippen LogP contribution in [-0.2, 0) is 71.2 Å². The van der Waals surface area contributed by atoms with Gasteiger partial charge in [-0.05, 0) is 6.42 Å². The molecular formula is C37H47Cl6NO17. The van der Waals surface area contributed by atoms with Gasteiger partial charge in [0.05, 0.1) is 13.2 Å². The zero-order valence-electron chi connectivity index (χ0n) is 33.3. The number of hydrogen-bond acceptors (Lipinski definition) is 17. The maximum absolute atomic E-state index is 13.3. The molecule has 3 fully saturated rings. The first-order valence-electron chi connectivity index (χ1n) is 19.0. The molecule has 18 nitrogen and oxygen atoms in total. The minimum Gasteiger partial charge on any atom is -0.456 e. The van der Waals surface area contributed by atoms with Gasteiger partial charge in [0.1, 0.15) is 37.6 Å². The molecule has 1 unspecified atom stereocenters. The lowest BCUT2D eigenvalue weighted by atomic mass is 9.95. The van der Waals surface area contributed by atoms with Crippen molar-refractivity contribution < 1.29 is 80.8 Å². The van der Waals surface area contributed by atoms with Gasteiger partial charge in [-0.25, -0.2) is 9.59 Å². The number of halogens is 6. The lowest BCUT2D eigenvalue weighted by Crippen LogP contribution is -2.68. The number of carbonyl (C=O) groups is 5. The van der Waals surface area contributed by atoms with Crippen molar-refractivity contribution in [1.29, 1.82) is 0 Å². The molecule has 0 spiro atoms. The highest BCUT2D eigenvalue weighted by Gasteiger charge is 2.56. The van der Waals surface area contributed by atoms with Crippen LogP contribution in [0.2, 0.25) is 0 Å². The molecule has 24 heteroatoms. The Morgan fingerprint density at radius 2 is 1.33 bits per heavy atom. The molecule has 344 valence electrons. The fourth-order valence-corrected chi connectivity index (χ4v) is 6.77. The van der Waals surface area contributed by atoms with Crippen molar-refractivity contribution in [3.63, 3.8) is 0 Å². The molecule has 3 aliphatic rings. The lowest BCUT2D eigenvalue weighted by molar-refractivity contribution is -0.353. The van der Waals surface area contributed by atoms with Crippen LogP contribution in [0.4, 0.5) is 9.59 Å². The van der Waals surface area contributed by atoms with Crippen LogP contribution in [0.1, 0.15) is 65.2 Å². The molecule has 11 atom stereocenters. The molecule has 61 heavy (non-hydrogen) atoms. The third-order valence-electron chi connectivity index (χ3n) is 8.85. The van der Waals surface area contributed by atoms with E-state index in [9.17, 15) is 24.0 Å². The second kappa shape index (κ2) is 24.1. The molecule has 3 heterocycles. The molecule has 1 amide bonds. The molecule has 1 aromatic rings. The number of ether oxygens (including phenoxy) is 12. The third kappa shape index (κ3) is 17.0. The van der Waals surface area contributed by atoms with Crippen molar-refractivity contribution in [2.24, 2.45) is 0 Å². The van der Waals surface area contributed by atoms with Crippen LogP contribution in [0.25, 0.3) is 0 Å². The Bertz CT molecular complexity index is 1600. The zero-order chi connectivity index (χ0) is 44.9. The molecule has 0 aliphatic carbocycles. The number of alkyl carbamates (subject to hydrolysis) is 1. The summed E-state index contributed by atoms with van der Waals surface area (Å²) in [4.78, 5) is 63.8. The van der Waals surface area contributed by atoms with Crippen LogP contribution in [-0.4, -0.2) is 132 Å². The first kappa shape index (κ1) is 51.3. The quantitative estimate of drug-likeness (QED) is 0.0784. The number of benzene rings is 1. The van der Waals surface area contributed by atoms with Gasteiger partial charge >= 0.3 is 30.2 Å². The molecule has 1 aromatic carbocycles. The summed E-state index contributed by atoms with van der Waals surface area (Å²) in [5.41, 5.74) is 0.589. The standard InChI is InChI=1S/C37H47Cl6NO17/c1-5-6-7-11-14-50-33-30(57-21(4)47)29(56-20(3)46)27(55-19(2)45)24(59-33)16-52-32-25(44-34(48)53-17-36(38,39)40)28(61-35(49)54-18-37(41,42)43)26-23(58-32)15-51-31(60-26)22-12-9-8-10-13-22/h8-10,12-13,23-33H,5-7,11,14-18H2,1-4H3,(H,44,48)/t23-,24-,25-,26+,27-,28-,29+,30-,31?,32-,33-/m1/s1. The number of alkyl halides is 6. The Hall–Kier alpha value is -2.33. The molecule has 3 aliphatic heterocycles. The van der Waals surface area contributed by atoms with Crippen LogP contribution >= 0.6 is 69.6 Å². The van der Waals surface area contributed by atoms with E-state index in [1.165, 1.54) is 0 Å². The molecule has 0 aromatic heterocycles. The van der Waals surface area contributed by atoms with E-state index in [0.717, 1.165) is 40.0 Å². The third-order valence-corrected chi connectivity index (χ3v) is 9.50. The monoisotopic (exact) mass is 987 g/mol. The number of nitrogens with one attached hydrogen (secondary N) is 1. The Balaban J connectivity index is 1.71. The Kier molecular flexibility index (Phi) is 20.3. The predicted octanol–water partition coefficient (Wildman–Crippen LogP) is 6.32. The number of fused-ring (bicyclic) bond motifs is 1. The van der Waals surface area contributed by atoms with Crippen molar-refractivity contribution in [2.45, 2.75) is 129 Å². The van der Waals surface area contributed by atoms with E-state index in [1.807, 2.05) is 6.92 Å². The van der Waals surface area contributed by atoms with Crippen LogP contribution in [0, 0.1) is 0 Å². The predicted molar refractivity (Wildman–Crippen MR) is 215 cm³/mol. The minimum atomic E-state index is -2.02. The molecule has 0 saturated carbocycles. The number of unbranched alkanes of at least 4 members (excludes halogenated alkanes) is 3. The number of amides is 1. The van der Waals surface area contributed by atoms with Gasteiger partial charge in [0, 0.05) is 32.9 Å². The Labute approximate surface area is 381 Å². The average Bonchev–Trinajstić information content (AvgIpc) is 3.17. The summed E-state index contributed by atoms with van der Waals surface area (Å²) >= 11 is 34.9. The van der Waals surface area contributed by atoms with Gasteiger partial charge in [0.2, 0.25) is 7.59 Å². The van der Waals surface area contributed by atoms with E-state index < -0.39 is 125 Å². The molecular weight excluding hydrogens is 943 g/mol. The number of hydrogen-bond donors (Lipinski definition) is 1. The molecule has 4 rings (SSSR count). The van der Waals surface area contributed by atoms with Gasteiger partial charge in [-0.15, -0.1) is 0 Å². The SMILES string of the molecule is CCCCCCO[C@@H]1O[C@H](CO[C@@H]2O[C@@H]3COC(c4ccccc4)O[C@@H]3[C@H](OC(=O)OCC(Cl)(Cl)Cl)[C@H]2NC(=O)OCC(Cl)(Cl)Cl)[C@@H](OC(C)=O)[C@H](OC(C)=O)[C@H]1OC(C)=O. The summed E-state index contributed by atoms with van der Waals surface area (Å²) in [7, 11) is 0. The first-order valence-corrected chi connectivity index (χ1v) is 21.3. The largest absolute Gasteiger partial charge is 0.508 e. The number of carbonyl (C=O) groups excluding carboxylic acids is 5. The molecule has 0 bridgehead atoms. The highest BCUT2D eigenvalue weighted by molar-refractivity contribution is 6.68. The molecule has 3 saturated heterocycles. The summed E-state index contributed by atoms with van der Waals surface area (Å²) in [5, 5.41) is 2.51. The average molecular weight is 990 g/mol. The van der Waals surface area contributed by atoms with E-state index in [0.29, 0.717) is 12.0 Å². The van der Waals surface area contributed by atoms with E-state index in [-0.39, 0.29) is 13.2 Å². The highest BCUT2D eigenvalue weighted by atomic mass is 35.6. The van der Waals surface area contributed by atoms with Crippen LogP contribution in [0.3, 0.4) is 0 Å². The topological polar surface area (TPSA) is 208 Å².